The van der Waals surface area contributed by atoms with Crippen LogP contribution in [-0.4, -0.2) is 18.8 Å². The maximum Gasteiger partial charge on any atom is 0.165 e. The standard InChI is InChI=1S/C10H11FO2/c1-7(6-12)8-3-4-10(13-2)9(11)5-8/h3-5,12H,1,6H2,2H3. The Labute approximate surface area is 76.3 Å². The molecule has 0 saturated heterocycles. The lowest BCUT2D eigenvalue weighted by Gasteiger charge is -2.05. The molecule has 0 unspecified atom stereocenters. The van der Waals surface area contributed by atoms with Crippen molar-refractivity contribution in [2.75, 3.05) is 13.7 Å². The second kappa shape index (κ2) is 4.05. The zero-order chi connectivity index (χ0) is 9.84. The Kier molecular flexibility index (Phi) is 3.03. The molecule has 0 aliphatic rings. The molecule has 1 N–H and O–H groups in total. The second-order valence-electron chi connectivity index (χ2n) is 2.61. The molecule has 0 spiro atoms. The molecule has 0 aliphatic carbocycles. The van der Waals surface area contributed by atoms with E-state index in [2.05, 4.69) is 6.58 Å². The average molecular weight is 182 g/mol. The highest BCUT2D eigenvalue weighted by molar-refractivity contribution is 5.64. The number of hydrogen-bond donors (Lipinski definition) is 1. The van der Waals surface area contributed by atoms with Gasteiger partial charge in [-0.25, -0.2) is 4.39 Å². The van der Waals surface area contributed by atoms with Gasteiger partial charge in [-0.2, -0.15) is 0 Å². The Balaban J connectivity index is 3.02. The van der Waals surface area contributed by atoms with Gasteiger partial charge in [0.1, 0.15) is 0 Å². The van der Waals surface area contributed by atoms with E-state index in [1.165, 1.54) is 19.2 Å². The zero-order valence-corrected chi connectivity index (χ0v) is 7.38. The van der Waals surface area contributed by atoms with Gasteiger partial charge in [0.2, 0.25) is 0 Å². The molecule has 2 nitrogen and oxygen atoms in total. The van der Waals surface area contributed by atoms with Crippen molar-refractivity contribution in [3.8, 4) is 5.75 Å². The van der Waals surface area contributed by atoms with Gasteiger partial charge in [0.05, 0.1) is 13.7 Å². The number of methoxy groups -OCH3 is 1. The lowest BCUT2D eigenvalue weighted by Crippen LogP contribution is -1.92. The average Bonchev–Trinajstić information content (AvgIpc) is 2.16. The van der Waals surface area contributed by atoms with Crippen LogP contribution in [0.2, 0.25) is 0 Å². The van der Waals surface area contributed by atoms with Gasteiger partial charge in [0.25, 0.3) is 0 Å². The molecule has 0 radical (unpaired) electrons. The van der Waals surface area contributed by atoms with E-state index in [1.54, 1.807) is 6.07 Å². The topological polar surface area (TPSA) is 29.5 Å². The summed E-state index contributed by atoms with van der Waals surface area (Å²) in [6.07, 6.45) is 0. The van der Waals surface area contributed by atoms with Crippen molar-refractivity contribution < 1.29 is 14.2 Å². The van der Waals surface area contributed by atoms with E-state index in [1.807, 2.05) is 0 Å². The molecule has 1 aromatic carbocycles. The second-order valence-corrected chi connectivity index (χ2v) is 2.61. The van der Waals surface area contributed by atoms with E-state index in [9.17, 15) is 4.39 Å². The minimum Gasteiger partial charge on any atom is -0.494 e. The number of benzene rings is 1. The molecule has 0 fully saturated rings. The maximum absolute atomic E-state index is 13.1. The first kappa shape index (κ1) is 9.74. The predicted molar refractivity (Wildman–Crippen MR) is 49.1 cm³/mol. The largest absolute Gasteiger partial charge is 0.494 e. The van der Waals surface area contributed by atoms with E-state index >= 15 is 0 Å². The molecule has 0 atom stereocenters. The first-order chi connectivity index (χ1) is 6.19. The van der Waals surface area contributed by atoms with Crippen molar-refractivity contribution >= 4 is 5.57 Å². The SMILES string of the molecule is C=C(CO)c1ccc(OC)c(F)c1. The normalized spacial score (nSPS) is 9.77. The van der Waals surface area contributed by atoms with Gasteiger partial charge in [0, 0.05) is 0 Å². The Morgan fingerprint density at radius 2 is 2.31 bits per heavy atom. The quantitative estimate of drug-likeness (QED) is 0.772. The Bertz CT molecular complexity index is 321. The van der Waals surface area contributed by atoms with Gasteiger partial charge in [-0.3, -0.25) is 0 Å². The van der Waals surface area contributed by atoms with Crippen LogP contribution in [0.25, 0.3) is 5.57 Å². The van der Waals surface area contributed by atoms with E-state index in [-0.39, 0.29) is 12.4 Å². The minimum atomic E-state index is -0.449. The third kappa shape index (κ3) is 2.06. The van der Waals surface area contributed by atoms with E-state index < -0.39 is 5.82 Å². The first-order valence-electron chi connectivity index (χ1n) is 3.81. The smallest absolute Gasteiger partial charge is 0.165 e. The number of ether oxygens (including phenoxy) is 1. The number of hydrogen-bond acceptors (Lipinski definition) is 2. The van der Waals surface area contributed by atoms with Crippen LogP contribution in [0.4, 0.5) is 4.39 Å². The molecule has 0 heterocycles. The number of aliphatic hydroxyl groups excluding tert-OH is 1. The Morgan fingerprint density at radius 1 is 1.62 bits per heavy atom. The van der Waals surface area contributed by atoms with Gasteiger partial charge >= 0.3 is 0 Å². The summed E-state index contributed by atoms with van der Waals surface area (Å²) in [5.74, 6) is -0.260. The summed E-state index contributed by atoms with van der Waals surface area (Å²) in [6, 6.07) is 4.45. The van der Waals surface area contributed by atoms with Crippen LogP contribution >= 0.6 is 0 Å². The van der Waals surface area contributed by atoms with Gasteiger partial charge in [0.15, 0.2) is 11.6 Å². The summed E-state index contributed by atoms with van der Waals surface area (Å²) < 4.78 is 17.8. The molecule has 3 heteroatoms. The van der Waals surface area contributed by atoms with Gasteiger partial charge in [-0.15, -0.1) is 0 Å². The molecular formula is C10H11FO2. The molecule has 0 saturated carbocycles. The van der Waals surface area contributed by atoms with Crippen LogP contribution in [-0.2, 0) is 0 Å². The highest BCUT2D eigenvalue weighted by Crippen LogP contribution is 2.21. The summed E-state index contributed by atoms with van der Waals surface area (Å²) in [7, 11) is 1.40. The highest BCUT2D eigenvalue weighted by Gasteiger charge is 2.04. The van der Waals surface area contributed by atoms with Crippen LogP contribution in [0.1, 0.15) is 5.56 Å². The Morgan fingerprint density at radius 3 is 2.77 bits per heavy atom. The lowest BCUT2D eigenvalue weighted by molar-refractivity contribution is 0.350. The van der Waals surface area contributed by atoms with Gasteiger partial charge in [-0.05, 0) is 23.3 Å². The molecule has 13 heavy (non-hydrogen) atoms. The molecule has 0 aliphatic heterocycles. The van der Waals surface area contributed by atoms with Crippen LogP contribution < -0.4 is 4.74 Å². The molecule has 70 valence electrons. The Hall–Kier alpha value is -1.35. The van der Waals surface area contributed by atoms with Gasteiger partial charge in [-0.1, -0.05) is 12.6 Å². The van der Waals surface area contributed by atoms with Crippen LogP contribution in [0.5, 0.6) is 5.75 Å². The fraction of sp³-hybridized carbons (Fsp3) is 0.200. The van der Waals surface area contributed by atoms with Crippen LogP contribution in [0, 0.1) is 5.82 Å². The molecule has 0 bridgehead atoms. The van der Waals surface area contributed by atoms with E-state index in [0.717, 1.165) is 0 Å². The highest BCUT2D eigenvalue weighted by atomic mass is 19.1. The van der Waals surface area contributed by atoms with Crippen molar-refractivity contribution in [1.82, 2.24) is 0 Å². The number of rotatable bonds is 3. The van der Waals surface area contributed by atoms with E-state index in [0.29, 0.717) is 11.1 Å². The third-order valence-electron chi connectivity index (χ3n) is 1.75. The van der Waals surface area contributed by atoms with E-state index in [4.69, 9.17) is 9.84 Å². The number of aliphatic hydroxyl groups is 1. The molecule has 1 rings (SSSR count). The van der Waals surface area contributed by atoms with Crippen molar-refractivity contribution in [3.63, 3.8) is 0 Å². The monoisotopic (exact) mass is 182 g/mol. The van der Waals surface area contributed by atoms with Crippen molar-refractivity contribution in [2.24, 2.45) is 0 Å². The first-order valence-corrected chi connectivity index (χ1v) is 3.81. The third-order valence-corrected chi connectivity index (χ3v) is 1.75. The van der Waals surface area contributed by atoms with Crippen molar-refractivity contribution in [2.45, 2.75) is 0 Å². The fourth-order valence-electron chi connectivity index (χ4n) is 0.978. The summed E-state index contributed by atoms with van der Waals surface area (Å²) >= 11 is 0. The predicted octanol–water partition coefficient (Wildman–Crippen LogP) is 1.84. The summed E-state index contributed by atoms with van der Waals surface area (Å²) in [5.41, 5.74) is 1.07. The summed E-state index contributed by atoms with van der Waals surface area (Å²) in [6.45, 7) is 3.41. The maximum atomic E-state index is 13.1. The minimum absolute atomic E-state index is 0.175. The molecule has 1 aromatic rings. The van der Waals surface area contributed by atoms with Crippen LogP contribution in [0.3, 0.4) is 0 Å². The number of halogens is 1. The molecular weight excluding hydrogens is 171 g/mol. The summed E-state index contributed by atoms with van der Waals surface area (Å²) in [5, 5.41) is 8.75. The molecule has 0 amide bonds. The van der Waals surface area contributed by atoms with Gasteiger partial charge < -0.3 is 9.84 Å². The molecule has 0 aromatic heterocycles. The fourth-order valence-corrected chi connectivity index (χ4v) is 0.978. The lowest BCUT2D eigenvalue weighted by atomic mass is 10.1. The van der Waals surface area contributed by atoms with Crippen LogP contribution in [0.15, 0.2) is 24.8 Å². The zero-order valence-electron chi connectivity index (χ0n) is 7.38. The van der Waals surface area contributed by atoms with Crippen molar-refractivity contribution in [3.05, 3.63) is 36.2 Å². The summed E-state index contributed by atoms with van der Waals surface area (Å²) in [4.78, 5) is 0. The van der Waals surface area contributed by atoms with Crippen molar-refractivity contribution in [1.29, 1.82) is 0 Å².